The van der Waals surface area contributed by atoms with Crippen molar-refractivity contribution in [2.45, 2.75) is 30.5 Å². The maximum atomic E-state index is 12.5. The van der Waals surface area contributed by atoms with Gasteiger partial charge < -0.3 is 10.1 Å². The molecule has 3 rings (SSSR count). The normalized spacial score (nSPS) is 15.1. The minimum absolute atomic E-state index is 0.0756. The number of nitrogens with zero attached hydrogens (tertiary/aromatic N) is 1. The number of hydrogen-bond acceptors (Lipinski definition) is 5. The Labute approximate surface area is 157 Å². The molecule has 0 radical (unpaired) electrons. The third-order valence-corrected chi connectivity index (χ3v) is 7.57. The van der Waals surface area contributed by atoms with Crippen LogP contribution in [-0.2, 0) is 21.4 Å². The summed E-state index contributed by atoms with van der Waals surface area (Å²) in [5.74, 6) is 0.402. The van der Waals surface area contributed by atoms with E-state index < -0.39 is 10.0 Å². The first-order chi connectivity index (χ1) is 12.4. The lowest BCUT2D eigenvalue weighted by atomic mass is 10.2. The van der Waals surface area contributed by atoms with Gasteiger partial charge in [-0.2, -0.15) is 4.31 Å². The molecule has 2 aromatic rings. The molecule has 1 amide bonds. The van der Waals surface area contributed by atoms with Crippen molar-refractivity contribution in [3.63, 3.8) is 0 Å². The van der Waals surface area contributed by atoms with Crippen LogP contribution in [0.4, 0.5) is 0 Å². The van der Waals surface area contributed by atoms with Gasteiger partial charge in [0.05, 0.1) is 6.54 Å². The van der Waals surface area contributed by atoms with E-state index in [2.05, 4.69) is 5.32 Å². The van der Waals surface area contributed by atoms with Crippen molar-refractivity contribution in [2.24, 2.45) is 0 Å². The lowest BCUT2D eigenvalue weighted by molar-refractivity contribution is -0.123. The summed E-state index contributed by atoms with van der Waals surface area (Å²) in [5, 5.41) is 2.76. The van der Waals surface area contributed by atoms with Crippen LogP contribution >= 0.6 is 11.3 Å². The first-order valence-corrected chi connectivity index (χ1v) is 10.8. The number of ether oxygens (including phenoxy) is 1. The van der Waals surface area contributed by atoms with E-state index >= 15 is 0 Å². The average Bonchev–Trinajstić information content (AvgIpc) is 3.30. The molecule has 0 aliphatic carbocycles. The molecule has 0 saturated carbocycles. The molecule has 0 spiro atoms. The number of nitrogens with one attached hydrogen (secondary N) is 1. The van der Waals surface area contributed by atoms with Crippen LogP contribution < -0.4 is 10.1 Å². The molecule has 0 unspecified atom stereocenters. The van der Waals surface area contributed by atoms with Crippen molar-refractivity contribution in [3.8, 4) is 5.75 Å². The topological polar surface area (TPSA) is 75.7 Å². The molecular formula is C18H22N2O4S2. The van der Waals surface area contributed by atoms with Crippen molar-refractivity contribution >= 4 is 27.3 Å². The molecule has 0 bridgehead atoms. The van der Waals surface area contributed by atoms with E-state index in [4.69, 9.17) is 4.74 Å². The van der Waals surface area contributed by atoms with Crippen molar-refractivity contribution < 1.29 is 17.9 Å². The predicted molar refractivity (Wildman–Crippen MR) is 101 cm³/mol. The molecule has 8 heteroatoms. The van der Waals surface area contributed by atoms with Gasteiger partial charge in [-0.25, -0.2) is 8.42 Å². The highest BCUT2D eigenvalue weighted by Crippen LogP contribution is 2.27. The largest absolute Gasteiger partial charge is 0.484 e. The number of aryl methyl sites for hydroxylation is 1. The van der Waals surface area contributed by atoms with Gasteiger partial charge in [-0.3, -0.25) is 4.79 Å². The zero-order chi connectivity index (χ0) is 18.6. The second-order valence-corrected chi connectivity index (χ2v) is 9.55. The average molecular weight is 395 g/mol. The van der Waals surface area contributed by atoms with Gasteiger partial charge in [0.1, 0.15) is 9.96 Å². The summed E-state index contributed by atoms with van der Waals surface area (Å²) < 4.78 is 32.3. The lowest BCUT2D eigenvalue weighted by Crippen LogP contribution is -2.28. The van der Waals surface area contributed by atoms with E-state index in [9.17, 15) is 13.2 Å². The molecule has 1 aromatic heterocycles. The number of sulfonamides is 1. The van der Waals surface area contributed by atoms with Crippen LogP contribution in [0.1, 0.15) is 23.3 Å². The van der Waals surface area contributed by atoms with Crippen molar-refractivity contribution in [1.82, 2.24) is 9.62 Å². The lowest BCUT2D eigenvalue weighted by Gasteiger charge is -2.13. The number of thiophene rings is 1. The van der Waals surface area contributed by atoms with Gasteiger partial charge in [-0.05, 0) is 49.6 Å². The number of benzene rings is 1. The standard InChI is InChI=1S/C18H22N2O4S2/c1-14-5-4-6-15(11-14)24-13-17(21)19-12-16-7-8-18(25-16)26(22,23)20-9-2-3-10-20/h4-8,11H,2-3,9-10,12-13H2,1H3,(H,19,21). The first kappa shape index (κ1) is 18.9. The Balaban J connectivity index is 1.50. The zero-order valence-electron chi connectivity index (χ0n) is 14.6. The summed E-state index contributed by atoms with van der Waals surface area (Å²) in [6.07, 6.45) is 1.82. The fraction of sp³-hybridized carbons (Fsp3) is 0.389. The summed E-state index contributed by atoms with van der Waals surface area (Å²) in [4.78, 5) is 12.7. The van der Waals surface area contributed by atoms with Crippen molar-refractivity contribution in [3.05, 3.63) is 46.8 Å². The highest BCUT2D eigenvalue weighted by Gasteiger charge is 2.28. The summed E-state index contributed by atoms with van der Waals surface area (Å²) >= 11 is 1.20. The summed E-state index contributed by atoms with van der Waals surface area (Å²) in [6, 6.07) is 10.9. The Kier molecular flexibility index (Phi) is 5.95. The zero-order valence-corrected chi connectivity index (χ0v) is 16.2. The maximum Gasteiger partial charge on any atom is 0.258 e. The number of carbonyl (C=O) groups is 1. The maximum absolute atomic E-state index is 12.5. The molecule has 1 aliphatic rings. The van der Waals surface area contributed by atoms with Crippen LogP contribution in [0.25, 0.3) is 0 Å². The number of rotatable bonds is 7. The highest BCUT2D eigenvalue weighted by atomic mass is 32.2. The molecule has 1 fully saturated rings. The smallest absolute Gasteiger partial charge is 0.258 e. The van der Waals surface area contributed by atoms with E-state index in [1.54, 1.807) is 18.2 Å². The van der Waals surface area contributed by atoms with Gasteiger partial charge in [0.25, 0.3) is 15.9 Å². The fourth-order valence-electron chi connectivity index (χ4n) is 2.74. The molecule has 6 nitrogen and oxygen atoms in total. The molecule has 1 N–H and O–H groups in total. The Morgan fingerprint density at radius 2 is 2.00 bits per heavy atom. The van der Waals surface area contributed by atoms with Crippen LogP contribution in [0.2, 0.25) is 0 Å². The fourth-order valence-corrected chi connectivity index (χ4v) is 5.71. The van der Waals surface area contributed by atoms with E-state index in [0.717, 1.165) is 23.3 Å². The van der Waals surface area contributed by atoms with Crippen molar-refractivity contribution in [1.29, 1.82) is 0 Å². The van der Waals surface area contributed by atoms with Gasteiger partial charge in [0.15, 0.2) is 6.61 Å². The summed E-state index contributed by atoms with van der Waals surface area (Å²) in [7, 11) is -3.39. The first-order valence-electron chi connectivity index (χ1n) is 8.50. The highest BCUT2D eigenvalue weighted by molar-refractivity contribution is 7.91. The molecular weight excluding hydrogens is 372 g/mol. The number of hydrogen-bond donors (Lipinski definition) is 1. The quantitative estimate of drug-likeness (QED) is 0.783. The van der Waals surface area contributed by atoms with Crippen LogP contribution in [-0.4, -0.2) is 38.3 Å². The third kappa shape index (κ3) is 4.63. The summed E-state index contributed by atoms with van der Waals surface area (Å²) in [5.41, 5.74) is 1.06. The van der Waals surface area contributed by atoms with Gasteiger partial charge >= 0.3 is 0 Å². The molecule has 26 heavy (non-hydrogen) atoms. The molecule has 140 valence electrons. The van der Waals surface area contributed by atoms with E-state index in [0.29, 0.717) is 23.0 Å². The van der Waals surface area contributed by atoms with Crippen LogP contribution in [0.3, 0.4) is 0 Å². The minimum atomic E-state index is -3.39. The van der Waals surface area contributed by atoms with E-state index in [1.165, 1.54) is 15.6 Å². The van der Waals surface area contributed by atoms with Crippen LogP contribution in [0.5, 0.6) is 5.75 Å². The van der Waals surface area contributed by atoms with Crippen LogP contribution in [0.15, 0.2) is 40.6 Å². The Morgan fingerprint density at radius 1 is 1.23 bits per heavy atom. The van der Waals surface area contributed by atoms with Gasteiger partial charge in [0, 0.05) is 18.0 Å². The third-order valence-electron chi connectivity index (χ3n) is 4.12. The molecule has 0 atom stereocenters. The second kappa shape index (κ2) is 8.20. The second-order valence-electron chi connectivity index (χ2n) is 6.21. The van der Waals surface area contributed by atoms with Gasteiger partial charge in [0.2, 0.25) is 0 Å². The molecule has 1 aromatic carbocycles. The van der Waals surface area contributed by atoms with E-state index in [-0.39, 0.29) is 19.1 Å². The number of amides is 1. The minimum Gasteiger partial charge on any atom is -0.484 e. The molecule has 1 aliphatic heterocycles. The SMILES string of the molecule is Cc1cccc(OCC(=O)NCc2ccc(S(=O)(=O)N3CCCC3)s2)c1. The molecule has 2 heterocycles. The van der Waals surface area contributed by atoms with Gasteiger partial charge in [-0.1, -0.05) is 12.1 Å². The summed E-state index contributed by atoms with van der Waals surface area (Å²) in [6.45, 7) is 3.34. The predicted octanol–water partition coefficient (Wildman–Crippen LogP) is 2.54. The monoisotopic (exact) mass is 394 g/mol. The van der Waals surface area contributed by atoms with E-state index in [1.807, 2.05) is 25.1 Å². The van der Waals surface area contributed by atoms with Crippen molar-refractivity contribution in [2.75, 3.05) is 19.7 Å². The van der Waals surface area contributed by atoms with Gasteiger partial charge in [-0.15, -0.1) is 11.3 Å². The van der Waals surface area contributed by atoms with Crippen LogP contribution in [0, 0.1) is 6.92 Å². The number of carbonyl (C=O) groups excluding carboxylic acids is 1. The molecule has 1 saturated heterocycles. The Hall–Kier alpha value is -1.90. The Morgan fingerprint density at radius 3 is 2.73 bits per heavy atom. The Bertz CT molecular complexity index is 871.